The molecule has 1 unspecified atom stereocenters. The highest BCUT2D eigenvalue weighted by Gasteiger charge is 2.46. The third-order valence-electron chi connectivity index (χ3n) is 3.59. The van der Waals surface area contributed by atoms with Crippen molar-refractivity contribution in [3.63, 3.8) is 0 Å². The van der Waals surface area contributed by atoms with Crippen LogP contribution in [0.2, 0.25) is 0 Å². The van der Waals surface area contributed by atoms with Gasteiger partial charge < -0.3 is 10.0 Å². The summed E-state index contributed by atoms with van der Waals surface area (Å²) >= 11 is 1.39. The third kappa shape index (κ3) is 2.42. The van der Waals surface area contributed by atoms with Gasteiger partial charge in [0.05, 0.1) is 5.69 Å². The molecule has 1 aromatic heterocycles. The summed E-state index contributed by atoms with van der Waals surface area (Å²) in [5.41, 5.74) is -0.242. The van der Waals surface area contributed by atoms with E-state index in [2.05, 4.69) is 10.3 Å². The average molecular weight is 283 g/mol. The van der Waals surface area contributed by atoms with Gasteiger partial charge >= 0.3 is 12.0 Å². The van der Waals surface area contributed by atoms with Crippen LogP contribution in [-0.2, 0) is 4.79 Å². The fraction of sp³-hybridized carbons (Fsp3) is 0.583. The fourth-order valence-corrected chi connectivity index (χ4v) is 3.00. The molecular formula is C12H17N3O3S. The molecular weight excluding hydrogens is 266 g/mol. The van der Waals surface area contributed by atoms with Crippen LogP contribution < -0.4 is 5.32 Å². The predicted molar refractivity (Wildman–Crippen MR) is 72.6 cm³/mol. The van der Waals surface area contributed by atoms with Crippen LogP contribution in [0.4, 0.5) is 9.93 Å². The Bertz CT molecular complexity index is 509. The zero-order valence-electron chi connectivity index (χ0n) is 11.2. The fourth-order valence-electron chi connectivity index (χ4n) is 2.20. The maximum absolute atomic E-state index is 12.2. The van der Waals surface area contributed by atoms with Crippen LogP contribution >= 0.6 is 11.3 Å². The maximum Gasteiger partial charge on any atom is 0.329 e. The average Bonchev–Trinajstić information content (AvgIpc) is 2.84. The summed E-state index contributed by atoms with van der Waals surface area (Å²) in [4.78, 5) is 30.1. The first-order valence-electron chi connectivity index (χ1n) is 6.10. The second-order valence-electron chi connectivity index (χ2n) is 4.92. The van der Waals surface area contributed by atoms with Gasteiger partial charge in [-0.3, -0.25) is 5.32 Å². The second kappa shape index (κ2) is 4.80. The van der Waals surface area contributed by atoms with Gasteiger partial charge in [-0.25, -0.2) is 14.6 Å². The Morgan fingerprint density at radius 2 is 2.16 bits per heavy atom. The van der Waals surface area contributed by atoms with Crippen LogP contribution in [0.1, 0.15) is 30.3 Å². The quantitative estimate of drug-likeness (QED) is 0.872. The number of aliphatic carboxylic acids is 1. The number of carbonyl (C=O) groups excluding carboxylic acids is 1. The Hall–Kier alpha value is -1.63. The van der Waals surface area contributed by atoms with Crippen molar-refractivity contribution >= 4 is 28.5 Å². The molecule has 7 heteroatoms. The summed E-state index contributed by atoms with van der Waals surface area (Å²) in [6.07, 6.45) is 1.18. The van der Waals surface area contributed by atoms with Gasteiger partial charge in [-0.05, 0) is 33.6 Å². The molecule has 0 saturated carbocycles. The van der Waals surface area contributed by atoms with Gasteiger partial charge in [-0.2, -0.15) is 0 Å². The van der Waals surface area contributed by atoms with Crippen molar-refractivity contribution in [2.24, 2.45) is 0 Å². The molecule has 0 radical (unpaired) electrons. The Morgan fingerprint density at radius 1 is 1.47 bits per heavy atom. The second-order valence-corrected chi connectivity index (χ2v) is 6.13. The lowest BCUT2D eigenvalue weighted by Gasteiger charge is -2.30. The molecule has 0 bridgehead atoms. The van der Waals surface area contributed by atoms with Crippen LogP contribution in [-0.4, -0.2) is 39.1 Å². The maximum atomic E-state index is 12.2. The number of urea groups is 1. The van der Waals surface area contributed by atoms with Crippen LogP contribution in [0.3, 0.4) is 0 Å². The number of carboxylic acids is 1. The highest BCUT2D eigenvalue weighted by Crippen LogP contribution is 2.30. The number of anilines is 1. The molecule has 1 atom stereocenters. The zero-order valence-corrected chi connectivity index (χ0v) is 12.0. The molecule has 2 N–H and O–H groups in total. The summed E-state index contributed by atoms with van der Waals surface area (Å²) in [6.45, 7) is 5.84. The Balaban J connectivity index is 2.14. The van der Waals surface area contributed by atoms with Crippen molar-refractivity contribution in [1.29, 1.82) is 0 Å². The van der Waals surface area contributed by atoms with E-state index >= 15 is 0 Å². The smallest absolute Gasteiger partial charge is 0.329 e. The SMILES string of the molecule is Cc1nc(NC(=O)N2CCCC2(C)C(=O)O)sc1C. The number of hydrogen-bond acceptors (Lipinski definition) is 4. The van der Waals surface area contributed by atoms with Gasteiger partial charge in [0.25, 0.3) is 0 Å². The number of hydrogen-bond donors (Lipinski definition) is 2. The zero-order chi connectivity index (χ0) is 14.2. The summed E-state index contributed by atoms with van der Waals surface area (Å²) in [5.74, 6) is -0.966. The first-order valence-corrected chi connectivity index (χ1v) is 6.92. The van der Waals surface area contributed by atoms with Crippen LogP contribution in [0.15, 0.2) is 0 Å². The molecule has 0 spiro atoms. The molecule has 1 aliphatic rings. The molecule has 1 aliphatic heterocycles. The Morgan fingerprint density at radius 3 is 2.68 bits per heavy atom. The lowest BCUT2D eigenvalue weighted by Crippen LogP contribution is -2.52. The van der Waals surface area contributed by atoms with Crippen molar-refractivity contribution in [2.75, 3.05) is 11.9 Å². The van der Waals surface area contributed by atoms with Crippen molar-refractivity contribution in [2.45, 2.75) is 39.2 Å². The first-order chi connectivity index (χ1) is 8.84. The van der Waals surface area contributed by atoms with E-state index in [-0.39, 0.29) is 0 Å². The normalized spacial score (nSPS) is 22.6. The number of aryl methyl sites for hydroxylation is 2. The molecule has 2 rings (SSSR count). The number of carbonyl (C=O) groups is 2. The summed E-state index contributed by atoms with van der Waals surface area (Å²) in [5, 5.41) is 12.5. The highest BCUT2D eigenvalue weighted by atomic mass is 32.1. The summed E-state index contributed by atoms with van der Waals surface area (Å²) in [6, 6.07) is -0.392. The van der Waals surface area contributed by atoms with Crippen molar-refractivity contribution in [3.05, 3.63) is 10.6 Å². The standard InChI is InChI=1S/C12H17N3O3S/c1-7-8(2)19-10(13-7)14-11(18)15-6-4-5-12(15,3)9(16)17/h4-6H2,1-3H3,(H,16,17)(H,13,14,18). The number of amides is 2. The van der Waals surface area contributed by atoms with E-state index < -0.39 is 17.5 Å². The summed E-state index contributed by atoms with van der Waals surface area (Å²) < 4.78 is 0. The lowest BCUT2D eigenvalue weighted by molar-refractivity contribution is -0.146. The van der Waals surface area contributed by atoms with E-state index in [1.807, 2.05) is 13.8 Å². The molecule has 104 valence electrons. The van der Waals surface area contributed by atoms with Crippen LogP contribution in [0.5, 0.6) is 0 Å². The van der Waals surface area contributed by atoms with Crippen molar-refractivity contribution < 1.29 is 14.7 Å². The number of nitrogens with zero attached hydrogens (tertiary/aromatic N) is 2. The predicted octanol–water partition coefficient (Wildman–Crippen LogP) is 2.23. The summed E-state index contributed by atoms with van der Waals surface area (Å²) in [7, 11) is 0. The molecule has 6 nitrogen and oxygen atoms in total. The van der Waals surface area contributed by atoms with E-state index in [4.69, 9.17) is 0 Å². The minimum Gasteiger partial charge on any atom is -0.480 e. The number of likely N-dealkylation sites (tertiary alicyclic amines) is 1. The minimum atomic E-state index is -1.12. The van der Waals surface area contributed by atoms with Gasteiger partial charge in [0, 0.05) is 11.4 Å². The van der Waals surface area contributed by atoms with E-state index in [0.29, 0.717) is 24.5 Å². The number of thiazole rings is 1. The lowest BCUT2D eigenvalue weighted by atomic mass is 10.00. The molecule has 2 heterocycles. The van der Waals surface area contributed by atoms with Gasteiger partial charge in [-0.1, -0.05) is 0 Å². The van der Waals surface area contributed by atoms with Gasteiger partial charge in [-0.15, -0.1) is 11.3 Å². The molecule has 2 amide bonds. The first kappa shape index (κ1) is 13.8. The van der Waals surface area contributed by atoms with E-state index in [1.165, 1.54) is 16.2 Å². The van der Waals surface area contributed by atoms with Gasteiger partial charge in [0.1, 0.15) is 5.54 Å². The van der Waals surface area contributed by atoms with Crippen LogP contribution in [0.25, 0.3) is 0 Å². The highest BCUT2D eigenvalue weighted by molar-refractivity contribution is 7.15. The van der Waals surface area contributed by atoms with Crippen molar-refractivity contribution in [3.8, 4) is 0 Å². The van der Waals surface area contributed by atoms with E-state index in [9.17, 15) is 14.7 Å². The number of aromatic nitrogens is 1. The number of nitrogens with one attached hydrogen (secondary N) is 1. The Kier molecular flexibility index (Phi) is 3.49. The van der Waals surface area contributed by atoms with Crippen LogP contribution in [0, 0.1) is 13.8 Å². The van der Waals surface area contributed by atoms with E-state index in [0.717, 1.165) is 10.6 Å². The minimum absolute atomic E-state index is 0.392. The van der Waals surface area contributed by atoms with Crippen molar-refractivity contribution in [1.82, 2.24) is 9.88 Å². The van der Waals surface area contributed by atoms with Gasteiger partial charge in [0.2, 0.25) is 0 Å². The third-order valence-corrected chi connectivity index (χ3v) is 4.58. The van der Waals surface area contributed by atoms with E-state index in [1.54, 1.807) is 6.92 Å². The monoisotopic (exact) mass is 283 g/mol. The molecule has 1 aromatic rings. The number of rotatable bonds is 2. The molecule has 0 aromatic carbocycles. The molecule has 1 saturated heterocycles. The van der Waals surface area contributed by atoms with Gasteiger partial charge in [0.15, 0.2) is 5.13 Å². The largest absolute Gasteiger partial charge is 0.480 e. The molecule has 19 heavy (non-hydrogen) atoms. The Labute approximate surface area is 115 Å². The number of carboxylic acid groups (broad SMARTS) is 1. The molecule has 1 fully saturated rings. The molecule has 0 aliphatic carbocycles. The topological polar surface area (TPSA) is 82.5 Å².